The van der Waals surface area contributed by atoms with Crippen LogP contribution in [0, 0.1) is 0 Å². The van der Waals surface area contributed by atoms with Crippen LogP contribution in [0.3, 0.4) is 0 Å². The minimum absolute atomic E-state index is 0.662. The Morgan fingerprint density at radius 3 is 1.51 bits per heavy atom. The fraction of sp³-hybridized carbons (Fsp3) is 0.280. The third-order valence-electron chi connectivity index (χ3n) is 12.5. The van der Waals surface area contributed by atoms with Crippen LogP contribution in [0.2, 0.25) is 0 Å². The average molecular weight is 894 g/mol. The lowest BCUT2D eigenvalue weighted by molar-refractivity contribution is 0.313. The second-order valence-corrected chi connectivity index (χ2v) is 17.1. The Bertz CT molecular complexity index is 3280. The van der Waals surface area contributed by atoms with Crippen molar-refractivity contribution in [1.29, 1.82) is 0 Å². The summed E-state index contributed by atoms with van der Waals surface area (Å²) >= 11 is 0. The van der Waals surface area contributed by atoms with E-state index in [1.54, 1.807) is 6.20 Å². The summed E-state index contributed by atoms with van der Waals surface area (Å²) in [5, 5.41) is 17.0. The molecule has 0 atom stereocenters. The number of anilines is 3. The quantitative estimate of drug-likeness (QED) is 0.122. The number of pyridine rings is 4. The number of likely N-dealkylation sites (N-methyl/N-ethyl adjacent to an activating group) is 2. The monoisotopic (exact) mass is 893 g/mol. The van der Waals surface area contributed by atoms with Gasteiger partial charge in [0.1, 0.15) is 22.4 Å². The first kappa shape index (κ1) is 43.1. The van der Waals surface area contributed by atoms with E-state index in [9.17, 15) is 0 Å². The summed E-state index contributed by atoms with van der Waals surface area (Å²) in [6.45, 7) is 12.2. The fourth-order valence-corrected chi connectivity index (χ4v) is 8.72. The van der Waals surface area contributed by atoms with Gasteiger partial charge in [-0.05, 0) is 62.6 Å². The molecule has 8 aromatic heterocycles. The van der Waals surface area contributed by atoms with Crippen LogP contribution in [0.15, 0.2) is 104 Å². The number of aromatic amines is 4. The zero-order valence-electron chi connectivity index (χ0n) is 38.8. The lowest BCUT2D eigenvalue weighted by Crippen LogP contribution is -2.44. The van der Waals surface area contributed by atoms with E-state index in [1.165, 1.54) is 11.4 Å². The van der Waals surface area contributed by atoms with Gasteiger partial charge in [0, 0.05) is 120 Å². The van der Waals surface area contributed by atoms with Crippen molar-refractivity contribution in [1.82, 2.24) is 70.1 Å². The zero-order chi connectivity index (χ0) is 46.0. The molecule has 10 heterocycles. The largest absolute Gasteiger partial charge is 0.376 e. The van der Waals surface area contributed by atoms with Crippen LogP contribution in [0.1, 0.15) is 13.8 Å². The van der Waals surface area contributed by atoms with Crippen molar-refractivity contribution in [2.24, 2.45) is 0 Å². The number of benzene rings is 2. The van der Waals surface area contributed by atoms with Crippen molar-refractivity contribution >= 4 is 61.2 Å². The van der Waals surface area contributed by atoms with Crippen LogP contribution in [0.5, 0.6) is 0 Å². The summed E-state index contributed by atoms with van der Waals surface area (Å²) in [5.41, 5.74) is 14.4. The molecule has 0 bridgehead atoms. The minimum atomic E-state index is 0.662. The summed E-state index contributed by atoms with van der Waals surface area (Å²) in [6.07, 6.45) is 11.0. The molecule has 2 aliphatic heterocycles. The van der Waals surface area contributed by atoms with E-state index in [2.05, 4.69) is 139 Å². The first-order chi connectivity index (χ1) is 32.8. The number of hydrogen-bond acceptors (Lipinski definition) is 13. The molecule has 0 radical (unpaired) electrons. The molecule has 4 N–H and O–H groups in total. The van der Waals surface area contributed by atoms with Crippen LogP contribution in [0.4, 0.5) is 17.1 Å². The highest BCUT2D eigenvalue weighted by Crippen LogP contribution is 2.34. The Labute approximate surface area is 388 Å². The molecule has 0 saturated carbocycles. The Hall–Kier alpha value is -7.76. The predicted molar refractivity (Wildman–Crippen MR) is 270 cm³/mol. The van der Waals surface area contributed by atoms with Gasteiger partial charge in [0.2, 0.25) is 0 Å². The van der Waals surface area contributed by atoms with Gasteiger partial charge in [-0.2, -0.15) is 10.2 Å². The van der Waals surface area contributed by atoms with Crippen molar-refractivity contribution in [3.63, 3.8) is 0 Å². The number of para-hydroxylation sites is 2. The van der Waals surface area contributed by atoms with Crippen molar-refractivity contribution < 1.29 is 0 Å². The topological polar surface area (TPSA) is 182 Å². The maximum absolute atomic E-state index is 5.01. The number of nitrogens with zero attached hydrogens (tertiary/aromatic N) is 13. The van der Waals surface area contributed by atoms with Crippen LogP contribution in [-0.2, 0) is 0 Å². The number of imidazole rings is 2. The van der Waals surface area contributed by atoms with E-state index >= 15 is 0 Å². The molecule has 0 unspecified atom stereocenters. The van der Waals surface area contributed by atoms with Crippen LogP contribution < -0.4 is 14.7 Å². The van der Waals surface area contributed by atoms with E-state index < -0.39 is 0 Å². The maximum Gasteiger partial charge on any atom is 0.181 e. The molecule has 0 spiro atoms. The molecule has 10 aromatic rings. The van der Waals surface area contributed by atoms with Gasteiger partial charge in [-0.25, -0.2) is 19.9 Å². The summed E-state index contributed by atoms with van der Waals surface area (Å²) in [6, 6.07) is 22.9. The van der Waals surface area contributed by atoms with Crippen molar-refractivity contribution in [3.8, 4) is 45.3 Å². The molecule has 2 saturated heterocycles. The van der Waals surface area contributed by atoms with Gasteiger partial charge in [-0.3, -0.25) is 20.2 Å². The van der Waals surface area contributed by atoms with Gasteiger partial charge in [-0.15, -0.1) is 0 Å². The molecule has 17 nitrogen and oxygen atoms in total. The van der Waals surface area contributed by atoms with E-state index in [4.69, 9.17) is 9.97 Å². The van der Waals surface area contributed by atoms with Gasteiger partial charge < -0.3 is 34.5 Å². The number of rotatable bonds is 7. The maximum atomic E-state index is 5.01. The predicted octanol–water partition coefficient (Wildman–Crippen LogP) is 7.72. The molecule has 340 valence electrons. The Balaban J connectivity index is 0.000000152. The number of hydrogen-bond donors (Lipinski definition) is 4. The number of piperazine rings is 2. The Morgan fingerprint density at radius 2 is 1.01 bits per heavy atom. The minimum Gasteiger partial charge on any atom is -0.376 e. The number of H-pyrrole nitrogens is 4. The summed E-state index contributed by atoms with van der Waals surface area (Å²) in [7, 11) is 8.35. The van der Waals surface area contributed by atoms with Crippen molar-refractivity contribution in [3.05, 3.63) is 104 Å². The first-order valence-electron chi connectivity index (χ1n) is 22.9. The first-order valence-corrected chi connectivity index (χ1v) is 22.9. The number of fused-ring (bicyclic) bond motifs is 4. The lowest BCUT2D eigenvalue weighted by Gasteiger charge is -2.34. The highest BCUT2D eigenvalue weighted by Gasteiger charge is 2.22. The van der Waals surface area contributed by atoms with E-state index in [0.29, 0.717) is 11.3 Å². The van der Waals surface area contributed by atoms with Gasteiger partial charge in [0.25, 0.3) is 0 Å². The van der Waals surface area contributed by atoms with Gasteiger partial charge in [0.05, 0.1) is 45.1 Å². The van der Waals surface area contributed by atoms with Crippen LogP contribution in [-0.4, -0.2) is 151 Å². The normalized spacial score (nSPS) is 14.7. The summed E-state index contributed by atoms with van der Waals surface area (Å²) < 4.78 is 0. The number of nitrogens with one attached hydrogen (secondary N) is 4. The average Bonchev–Trinajstić information content (AvgIpc) is 4.20. The highest BCUT2D eigenvalue weighted by molar-refractivity contribution is 5.98. The van der Waals surface area contributed by atoms with Crippen molar-refractivity contribution in [2.75, 3.05) is 95.2 Å². The Kier molecular flexibility index (Phi) is 12.0. The fourth-order valence-electron chi connectivity index (χ4n) is 8.72. The number of aromatic nitrogens is 12. The smallest absolute Gasteiger partial charge is 0.181 e. The standard InChI is InChI=1S/C25H27N9.C23H22N8.C2H6/c1-32(2)18-11-16(13-26-15-18)17-12-19-22(30-31-24(19)27-14-17)25-28-20-5-4-6-21(23(20)29-25)34-9-7-33(3)8-10-34;1-30-8-10-31(11-9-30)19-6-2-5-18-21(19)27-23(26-18)20-17-12-16(14-25-22(17)29-28-20)15-4-3-7-24-13-15;1-2/h4-6,11-15H,7-10H2,1-3H3,(H,28,29)(H,27,30,31);2-7,12-14H,8-11H2,1H3,(H,26,27)(H,25,28,29);1-2H3. The molecular formula is C50H55N17. The molecule has 67 heavy (non-hydrogen) atoms. The van der Waals surface area contributed by atoms with E-state index in [0.717, 1.165) is 136 Å². The van der Waals surface area contributed by atoms with Gasteiger partial charge in [-0.1, -0.05) is 32.0 Å². The summed E-state index contributed by atoms with van der Waals surface area (Å²) in [5.74, 6) is 1.53. The Morgan fingerprint density at radius 1 is 0.522 bits per heavy atom. The third-order valence-corrected chi connectivity index (χ3v) is 12.5. The molecular weight excluding hydrogens is 839 g/mol. The van der Waals surface area contributed by atoms with E-state index in [-0.39, 0.29) is 0 Å². The second kappa shape index (κ2) is 18.6. The second-order valence-electron chi connectivity index (χ2n) is 17.1. The summed E-state index contributed by atoms with van der Waals surface area (Å²) in [4.78, 5) is 46.3. The van der Waals surface area contributed by atoms with E-state index in [1.807, 2.05) is 76.0 Å². The van der Waals surface area contributed by atoms with Crippen LogP contribution in [0.25, 0.3) is 89.4 Å². The molecule has 17 heteroatoms. The lowest BCUT2D eigenvalue weighted by atomic mass is 10.1. The molecule has 2 aromatic carbocycles. The van der Waals surface area contributed by atoms with Gasteiger partial charge in [0.15, 0.2) is 22.9 Å². The molecule has 0 aliphatic carbocycles. The third kappa shape index (κ3) is 8.61. The SMILES string of the molecule is CC.CN1CCN(c2cccc3[nH]c(-c4[nH]nc5ncc(-c6cccnc6)cc45)nc23)CC1.CN1CCN(c2cccc3[nH]c(-c4[nH]nc5ncc(-c6cncc(N(C)C)c6)cc45)nc23)CC1. The van der Waals surface area contributed by atoms with Crippen molar-refractivity contribution in [2.45, 2.75) is 13.8 Å². The molecule has 12 rings (SSSR count). The molecule has 2 aliphatic rings. The highest BCUT2D eigenvalue weighted by atomic mass is 15.3. The van der Waals surface area contributed by atoms with Gasteiger partial charge >= 0.3 is 0 Å². The zero-order valence-corrected chi connectivity index (χ0v) is 38.8. The van der Waals surface area contributed by atoms with Crippen LogP contribution >= 0.6 is 0 Å². The molecule has 0 amide bonds. The molecule has 2 fully saturated rings.